The van der Waals surface area contributed by atoms with Crippen molar-refractivity contribution in [3.05, 3.63) is 12.3 Å². The maximum atomic E-state index is 9.80. The fourth-order valence-corrected chi connectivity index (χ4v) is 0.282. The number of aliphatic carboxylic acids is 1. The molecule has 0 heterocycles. The largest absolute Gasteiger partial charge is 0.480 e. The number of carboxylic acid groups (broad SMARTS) is 1. The minimum atomic E-state index is -0.919. The summed E-state index contributed by atoms with van der Waals surface area (Å²) in [7, 11) is 0. The predicted molar refractivity (Wildman–Crippen MR) is 31.9 cm³/mol. The Balaban J connectivity index is 3.09. The zero-order valence-electron chi connectivity index (χ0n) is 4.87. The molecule has 0 aromatic carbocycles. The van der Waals surface area contributed by atoms with E-state index in [9.17, 15) is 4.79 Å². The lowest BCUT2D eigenvalue weighted by molar-refractivity contribution is -0.135. The number of hydrogen-bond donors (Lipinski definition) is 3. The summed E-state index contributed by atoms with van der Waals surface area (Å²) in [6.45, 7) is -0.191. The van der Waals surface area contributed by atoms with E-state index >= 15 is 0 Å². The van der Waals surface area contributed by atoms with Crippen molar-refractivity contribution in [2.45, 2.75) is 0 Å². The molecule has 0 aromatic heterocycles. The molecule has 52 valence electrons. The smallest absolute Gasteiger partial charge is 0.322 e. The van der Waals surface area contributed by atoms with Gasteiger partial charge in [-0.05, 0) is 12.3 Å². The highest BCUT2D eigenvalue weighted by molar-refractivity contribution is 5.69. The molecule has 0 saturated heterocycles. The first-order valence-electron chi connectivity index (χ1n) is 2.48. The molecule has 0 aliphatic heterocycles. The van der Waals surface area contributed by atoms with Crippen LogP contribution in [0.5, 0.6) is 0 Å². The topological polar surface area (TPSA) is 69.6 Å². The molecule has 0 atom stereocenters. The van der Waals surface area contributed by atoms with E-state index in [1.165, 1.54) is 12.3 Å². The normalized spacial score (nSPS) is 9.89. The van der Waals surface area contributed by atoms with Crippen LogP contribution in [-0.4, -0.2) is 29.3 Å². The highest BCUT2D eigenvalue weighted by Crippen LogP contribution is 1.64. The molecule has 4 nitrogen and oxygen atoms in total. The van der Waals surface area contributed by atoms with Crippen molar-refractivity contribution in [3.63, 3.8) is 0 Å². The van der Waals surface area contributed by atoms with E-state index in [1.54, 1.807) is 0 Å². The van der Waals surface area contributed by atoms with Crippen molar-refractivity contribution >= 4 is 5.97 Å². The second-order valence-corrected chi connectivity index (χ2v) is 1.36. The van der Waals surface area contributed by atoms with Gasteiger partial charge < -0.3 is 15.5 Å². The number of carboxylic acids is 1. The third kappa shape index (κ3) is 6.97. The van der Waals surface area contributed by atoms with E-state index in [2.05, 4.69) is 5.32 Å². The lowest BCUT2D eigenvalue weighted by Crippen LogP contribution is -2.16. The van der Waals surface area contributed by atoms with Crippen LogP contribution in [0.15, 0.2) is 12.3 Å². The van der Waals surface area contributed by atoms with Gasteiger partial charge in [-0.3, -0.25) is 4.79 Å². The van der Waals surface area contributed by atoms with Crippen molar-refractivity contribution in [3.8, 4) is 0 Å². The van der Waals surface area contributed by atoms with E-state index in [0.29, 0.717) is 0 Å². The van der Waals surface area contributed by atoms with Crippen molar-refractivity contribution in [1.82, 2.24) is 5.32 Å². The zero-order chi connectivity index (χ0) is 7.11. The Labute approximate surface area is 52.8 Å². The fraction of sp³-hybridized carbons (Fsp3) is 0.400. The lowest BCUT2D eigenvalue weighted by Gasteiger charge is -1.90. The third-order valence-electron chi connectivity index (χ3n) is 0.594. The van der Waals surface area contributed by atoms with Gasteiger partial charge in [0.1, 0.15) is 6.54 Å². The molecule has 3 N–H and O–H groups in total. The minimum absolute atomic E-state index is 0.0768. The summed E-state index contributed by atoms with van der Waals surface area (Å²) >= 11 is 0. The van der Waals surface area contributed by atoms with Gasteiger partial charge in [0.25, 0.3) is 0 Å². The van der Waals surface area contributed by atoms with Gasteiger partial charge in [0.2, 0.25) is 0 Å². The molecule has 0 radical (unpaired) electrons. The van der Waals surface area contributed by atoms with E-state index in [-0.39, 0.29) is 13.2 Å². The average molecular weight is 131 g/mol. The van der Waals surface area contributed by atoms with Crippen LogP contribution < -0.4 is 5.32 Å². The van der Waals surface area contributed by atoms with E-state index in [4.69, 9.17) is 10.2 Å². The summed E-state index contributed by atoms with van der Waals surface area (Å²) < 4.78 is 0. The minimum Gasteiger partial charge on any atom is -0.480 e. The van der Waals surface area contributed by atoms with Crippen LogP contribution in [0.25, 0.3) is 0 Å². The summed E-state index contributed by atoms with van der Waals surface area (Å²) in [5.74, 6) is -0.919. The molecule has 0 aliphatic carbocycles. The second-order valence-electron chi connectivity index (χ2n) is 1.36. The standard InChI is InChI=1S/C5H9NO3/c7-3-1-2-6-4-5(8)9/h1-2,6-7H,3-4H2,(H,8,9). The Hall–Kier alpha value is -1.03. The number of aliphatic hydroxyl groups is 1. The van der Waals surface area contributed by atoms with Gasteiger partial charge >= 0.3 is 5.97 Å². The Morgan fingerprint density at radius 1 is 1.67 bits per heavy atom. The van der Waals surface area contributed by atoms with Gasteiger partial charge in [-0.1, -0.05) is 0 Å². The average Bonchev–Trinajstić information content (AvgIpc) is 1.80. The first-order valence-corrected chi connectivity index (χ1v) is 2.48. The number of aliphatic hydroxyl groups excluding tert-OH is 1. The maximum Gasteiger partial charge on any atom is 0.322 e. The van der Waals surface area contributed by atoms with Crippen LogP contribution in [0, 0.1) is 0 Å². The van der Waals surface area contributed by atoms with Gasteiger partial charge in [-0.2, -0.15) is 0 Å². The summed E-state index contributed by atoms with van der Waals surface area (Å²) in [6.07, 6.45) is 2.82. The molecule has 0 spiro atoms. The van der Waals surface area contributed by atoms with Crippen molar-refractivity contribution < 1.29 is 15.0 Å². The quantitative estimate of drug-likeness (QED) is 0.465. The lowest BCUT2D eigenvalue weighted by atomic mass is 10.6. The molecule has 0 bridgehead atoms. The number of nitrogens with one attached hydrogen (secondary N) is 1. The highest BCUT2D eigenvalue weighted by atomic mass is 16.4. The van der Waals surface area contributed by atoms with Crippen LogP contribution in [0.4, 0.5) is 0 Å². The van der Waals surface area contributed by atoms with Gasteiger partial charge in [-0.25, -0.2) is 0 Å². The Bertz CT molecular complexity index is 111. The van der Waals surface area contributed by atoms with Gasteiger partial charge in [0.15, 0.2) is 0 Å². The fourth-order valence-electron chi connectivity index (χ4n) is 0.282. The Morgan fingerprint density at radius 3 is 2.78 bits per heavy atom. The molecule has 0 unspecified atom stereocenters. The number of rotatable bonds is 4. The monoisotopic (exact) mass is 131 g/mol. The van der Waals surface area contributed by atoms with Crippen molar-refractivity contribution in [2.24, 2.45) is 0 Å². The van der Waals surface area contributed by atoms with Crippen LogP contribution >= 0.6 is 0 Å². The Kier molecular flexibility index (Phi) is 4.53. The van der Waals surface area contributed by atoms with Gasteiger partial charge in [0, 0.05) is 0 Å². The first kappa shape index (κ1) is 7.97. The summed E-state index contributed by atoms with van der Waals surface area (Å²) in [6, 6.07) is 0. The highest BCUT2D eigenvalue weighted by Gasteiger charge is 1.88. The molecule has 4 heteroatoms. The van der Waals surface area contributed by atoms with Crippen LogP contribution in [0.2, 0.25) is 0 Å². The maximum absolute atomic E-state index is 9.80. The zero-order valence-corrected chi connectivity index (χ0v) is 4.87. The van der Waals surface area contributed by atoms with E-state index < -0.39 is 5.97 Å². The van der Waals surface area contributed by atoms with Gasteiger partial charge in [-0.15, -0.1) is 0 Å². The van der Waals surface area contributed by atoms with Crippen LogP contribution in [0.1, 0.15) is 0 Å². The van der Waals surface area contributed by atoms with Crippen molar-refractivity contribution in [1.29, 1.82) is 0 Å². The molecule has 0 aromatic rings. The Morgan fingerprint density at radius 2 is 2.33 bits per heavy atom. The molecule has 9 heavy (non-hydrogen) atoms. The van der Waals surface area contributed by atoms with E-state index in [1.807, 2.05) is 0 Å². The van der Waals surface area contributed by atoms with Crippen molar-refractivity contribution in [2.75, 3.05) is 13.2 Å². The second kappa shape index (κ2) is 5.11. The van der Waals surface area contributed by atoms with Gasteiger partial charge in [0.05, 0.1) is 6.61 Å². The van der Waals surface area contributed by atoms with Crippen LogP contribution in [-0.2, 0) is 4.79 Å². The molecular weight excluding hydrogens is 122 g/mol. The van der Waals surface area contributed by atoms with Crippen LogP contribution in [0.3, 0.4) is 0 Å². The SMILES string of the molecule is O=C(O)CNC=CCO. The first-order chi connectivity index (χ1) is 4.27. The number of hydrogen-bond acceptors (Lipinski definition) is 3. The summed E-state index contributed by atoms with van der Waals surface area (Å²) in [5, 5.41) is 18.7. The summed E-state index contributed by atoms with van der Waals surface area (Å²) in [4.78, 5) is 9.80. The molecule has 0 amide bonds. The molecule has 0 saturated carbocycles. The predicted octanol–water partition coefficient (Wildman–Crippen LogP) is -0.833. The molecular formula is C5H9NO3. The van der Waals surface area contributed by atoms with E-state index in [0.717, 1.165) is 0 Å². The number of carbonyl (C=O) groups is 1. The summed E-state index contributed by atoms with van der Waals surface area (Å²) in [5.41, 5.74) is 0. The molecule has 0 rings (SSSR count). The molecule has 0 fully saturated rings. The third-order valence-corrected chi connectivity index (χ3v) is 0.594. The molecule has 0 aliphatic rings.